The summed E-state index contributed by atoms with van der Waals surface area (Å²) in [4.78, 5) is 28.5. The van der Waals surface area contributed by atoms with Gasteiger partial charge in [0.15, 0.2) is 11.5 Å². The quantitative estimate of drug-likeness (QED) is 0.210. The highest BCUT2D eigenvalue weighted by atomic mass is 32.1. The summed E-state index contributed by atoms with van der Waals surface area (Å²) in [5.74, 6) is 0.557. The van der Waals surface area contributed by atoms with Crippen molar-refractivity contribution in [3.05, 3.63) is 62.5 Å². The molecule has 12 heteroatoms. The van der Waals surface area contributed by atoms with E-state index in [0.29, 0.717) is 38.6 Å². The molecule has 4 aromatic rings. The van der Waals surface area contributed by atoms with Gasteiger partial charge in [0.05, 0.1) is 31.9 Å². The van der Waals surface area contributed by atoms with E-state index < -0.39 is 10.7 Å². The van der Waals surface area contributed by atoms with Crippen LogP contribution >= 0.6 is 11.3 Å². The van der Waals surface area contributed by atoms with E-state index in [4.69, 9.17) is 25.7 Å². The molecule has 0 spiro atoms. The Kier molecular flexibility index (Phi) is 6.33. The molecule has 11 nitrogen and oxygen atoms in total. The summed E-state index contributed by atoms with van der Waals surface area (Å²) in [5, 5.41) is 21.2. The minimum atomic E-state index is -0.554. The maximum Gasteiger partial charge on any atom is 0.269 e. The number of carbonyl (C=O) groups excluding carboxylic acids is 1. The van der Waals surface area contributed by atoms with E-state index in [2.05, 4.69) is 11.1 Å². The molecule has 2 aromatic heterocycles. The Hall–Kier alpha value is -4.89. The average molecular weight is 506 g/mol. The summed E-state index contributed by atoms with van der Waals surface area (Å²) in [6.07, 6.45) is 0. The van der Waals surface area contributed by atoms with Crippen molar-refractivity contribution in [2.45, 2.75) is 0 Å². The van der Waals surface area contributed by atoms with Crippen LogP contribution in [0.1, 0.15) is 20.8 Å². The van der Waals surface area contributed by atoms with Crippen LogP contribution in [0.4, 0.5) is 17.2 Å². The number of nitrogen functional groups attached to an aromatic ring is 2. The molecule has 0 bridgehead atoms. The molecule has 0 radical (unpaired) electrons. The van der Waals surface area contributed by atoms with Gasteiger partial charge in [-0.3, -0.25) is 14.9 Å². The number of pyridine rings is 1. The van der Waals surface area contributed by atoms with Gasteiger partial charge in [-0.05, 0) is 29.8 Å². The van der Waals surface area contributed by atoms with Gasteiger partial charge in [0.25, 0.3) is 5.69 Å². The SMILES string of the molecule is COc1cc(-c2c(C#N)c(N)nc3sc(C(=O)c4ccc([N+](=O)[O-])cc4)c(N)c23)cc(OC)c1OC. The Balaban J connectivity index is 1.99. The fourth-order valence-corrected chi connectivity index (χ4v) is 4.91. The molecular formula is C24H19N5O6S. The number of nitriles is 1. The number of carbonyl (C=O) groups is 1. The highest BCUT2D eigenvalue weighted by Crippen LogP contribution is 2.47. The molecule has 4 N–H and O–H groups in total. The van der Waals surface area contributed by atoms with Crippen molar-refractivity contribution in [2.75, 3.05) is 32.8 Å². The van der Waals surface area contributed by atoms with Crippen LogP contribution in [0.15, 0.2) is 36.4 Å². The Bertz CT molecular complexity index is 1550. The number of rotatable bonds is 7. The van der Waals surface area contributed by atoms with Crippen LogP contribution < -0.4 is 25.7 Å². The fraction of sp³-hybridized carbons (Fsp3) is 0.125. The van der Waals surface area contributed by atoms with E-state index in [1.165, 1.54) is 45.6 Å². The monoisotopic (exact) mass is 505 g/mol. The number of non-ortho nitro benzene ring substituents is 1. The fourth-order valence-electron chi connectivity index (χ4n) is 3.83. The smallest absolute Gasteiger partial charge is 0.269 e. The van der Waals surface area contributed by atoms with Crippen LogP contribution in [0.25, 0.3) is 21.3 Å². The van der Waals surface area contributed by atoms with Crippen LogP contribution in [-0.4, -0.2) is 37.0 Å². The van der Waals surface area contributed by atoms with E-state index in [-0.39, 0.29) is 33.2 Å². The first-order valence-electron chi connectivity index (χ1n) is 10.3. The maximum atomic E-state index is 13.3. The molecule has 182 valence electrons. The van der Waals surface area contributed by atoms with Crippen molar-refractivity contribution in [3.63, 3.8) is 0 Å². The second kappa shape index (κ2) is 9.40. The molecule has 2 heterocycles. The number of nitro groups is 1. The standard InChI is InChI=1S/C24H19N5O6S/c1-33-15-8-12(9-16(34-2)21(15)35-3)17-14(10-25)23(27)28-24-18(17)19(26)22(36-24)20(30)11-4-6-13(7-5-11)29(31)32/h4-9H,26H2,1-3H3,(H2,27,28). The molecule has 0 aliphatic rings. The third-order valence-corrected chi connectivity index (χ3v) is 6.61. The number of benzene rings is 2. The lowest BCUT2D eigenvalue weighted by Gasteiger charge is -2.16. The van der Waals surface area contributed by atoms with E-state index >= 15 is 0 Å². The molecule has 0 fully saturated rings. The number of fused-ring (bicyclic) bond motifs is 1. The van der Waals surface area contributed by atoms with Gasteiger partial charge in [-0.1, -0.05) is 0 Å². The van der Waals surface area contributed by atoms with Gasteiger partial charge in [0, 0.05) is 28.6 Å². The highest BCUT2D eigenvalue weighted by Gasteiger charge is 2.26. The Morgan fingerprint density at radius 1 is 1.08 bits per heavy atom. The molecule has 0 saturated carbocycles. The van der Waals surface area contributed by atoms with Gasteiger partial charge in [-0.2, -0.15) is 5.26 Å². The van der Waals surface area contributed by atoms with Crippen molar-refractivity contribution in [1.82, 2.24) is 4.98 Å². The molecule has 36 heavy (non-hydrogen) atoms. The molecule has 0 saturated heterocycles. The molecule has 4 rings (SSSR count). The number of ether oxygens (including phenoxy) is 3. The Morgan fingerprint density at radius 2 is 1.69 bits per heavy atom. The van der Waals surface area contributed by atoms with E-state index in [9.17, 15) is 20.2 Å². The number of ketones is 1. The molecule has 0 unspecified atom stereocenters. The highest BCUT2D eigenvalue weighted by molar-refractivity contribution is 7.21. The van der Waals surface area contributed by atoms with Crippen LogP contribution in [0.3, 0.4) is 0 Å². The second-order valence-electron chi connectivity index (χ2n) is 7.43. The van der Waals surface area contributed by atoms with Crippen LogP contribution in [-0.2, 0) is 0 Å². The van der Waals surface area contributed by atoms with Crippen LogP contribution in [0.2, 0.25) is 0 Å². The summed E-state index contributed by atoms with van der Waals surface area (Å²) >= 11 is 1.01. The second-order valence-corrected chi connectivity index (χ2v) is 8.43. The minimum Gasteiger partial charge on any atom is -0.493 e. The number of anilines is 2. The average Bonchev–Trinajstić information content (AvgIpc) is 3.21. The number of nitrogens with two attached hydrogens (primary N) is 2. The predicted molar refractivity (Wildman–Crippen MR) is 135 cm³/mol. The molecule has 0 aliphatic heterocycles. The van der Waals surface area contributed by atoms with E-state index in [1.807, 2.05) is 0 Å². The number of methoxy groups -OCH3 is 3. The van der Waals surface area contributed by atoms with Crippen molar-refractivity contribution in [1.29, 1.82) is 5.26 Å². The maximum absolute atomic E-state index is 13.3. The lowest BCUT2D eigenvalue weighted by Crippen LogP contribution is -2.03. The third kappa shape index (κ3) is 3.87. The normalized spacial score (nSPS) is 10.6. The van der Waals surface area contributed by atoms with E-state index in [1.54, 1.807) is 12.1 Å². The van der Waals surface area contributed by atoms with Gasteiger partial charge < -0.3 is 25.7 Å². The number of thiophene rings is 1. The summed E-state index contributed by atoms with van der Waals surface area (Å²) in [5.41, 5.74) is 13.7. The lowest BCUT2D eigenvalue weighted by atomic mass is 9.96. The first-order chi connectivity index (χ1) is 17.2. The number of nitro benzene ring substituents is 1. The molecule has 2 aromatic carbocycles. The van der Waals surface area contributed by atoms with Crippen LogP contribution in [0, 0.1) is 21.4 Å². The van der Waals surface area contributed by atoms with Crippen molar-refractivity contribution >= 4 is 44.5 Å². The largest absolute Gasteiger partial charge is 0.493 e. The Labute approximate surface area is 208 Å². The third-order valence-electron chi connectivity index (χ3n) is 5.52. The van der Waals surface area contributed by atoms with Gasteiger partial charge in [0.2, 0.25) is 11.5 Å². The van der Waals surface area contributed by atoms with E-state index in [0.717, 1.165) is 11.3 Å². The number of aromatic nitrogens is 1. The lowest BCUT2D eigenvalue weighted by molar-refractivity contribution is -0.384. The summed E-state index contributed by atoms with van der Waals surface area (Å²) in [6, 6.07) is 10.5. The topological polar surface area (TPSA) is 177 Å². The molecular weight excluding hydrogens is 486 g/mol. The van der Waals surface area contributed by atoms with Gasteiger partial charge in [-0.25, -0.2) is 4.98 Å². The van der Waals surface area contributed by atoms with Gasteiger partial charge in [-0.15, -0.1) is 11.3 Å². The zero-order valence-electron chi connectivity index (χ0n) is 19.3. The number of hydrogen-bond acceptors (Lipinski definition) is 11. The van der Waals surface area contributed by atoms with Gasteiger partial charge >= 0.3 is 0 Å². The summed E-state index contributed by atoms with van der Waals surface area (Å²) in [7, 11) is 4.39. The Morgan fingerprint density at radius 3 is 2.19 bits per heavy atom. The molecule has 0 aliphatic carbocycles. The number of nitrogens with zero attached hydrogens (tertiary/aromatic N) is 3. The first-order valence-corrected chi connectivity index (χ1v) is 11.1. The summed E-state index contributed by atoms with van der Waals surface area (Å²) in [6.45, 7) is 0. The number of hydrogen-bond donors (Lipinski definition) is 2. The zero-order valence-corrected chi connectivity index (χ0v) is 20.1. The molecule has 0 atom stereocenters. The van der Waals surface area contributed by atoms with Crippen molar-refractivity contribution in [3.8, 4) is 34.4 Å². The van der Waals surface area contributed by atoms with Gasteiger partial charge in [0.1, 0.15) is 27.2 Å². The van der Waals surface area contributed by atoms with Crippen LogP contribution in [0.5, 0.6) is 17.2 Å². The predicted octanol–water partition coefficient (Wildman–Crippen LogP) is 4.16. The summed E-state index contributed by atoms with van der Waals surface area (Å²) < 4.78 is 16.3. The van der Waals surface area contributed by atoms with Crippen molar-refractivity contribution < 1.29 is 23.9 Å². The molecule has 0 amide bonds. The van der Waals surface area contributed by atoms with Crippen molar-refractivity contribution in [2.24, 2.45) is 0 Å². The first kappa shape index (κ1) is 24.2. The minimum absolute atomic E-state index is 0.0377. The zero-order chi connectivity index (χ0) is 26.1.